The summed E-state index contributed by atoms with van der Waals surface area (Å²) in [5, 5.41) is 0.973. The summed E-state index contributed by atoms with van der Waals surface area (Å²) in [7, 11) is 1.64. The lowest BCUT2D eigenvalue weighted by Gasteiger charge is -2.05. The fourth-order valence-electron chi connectivity index (χ4n) is 2.67. The number of Topliss-reactive ketones (excluding diaryl/α,β-unsaturated/α-hetero) is 1. The summed E-state index contributed by atoms with van der Waals surface area (Å²) in [6.45, 7) is 3.64. The Labute approximate surface area is 123 Å². The molecule has 0 aliphatic rings. The normalized spacial score (nSPS) is 10.8. The van der Waals surface area contributed by atoms with Crippen LogP contribution in [0.15, 0.2) is 42.5 Å². The van der Waals surface area contributed by atoms with E-state index in [2.05, 4.69) is 4.98 Å². The predicted octanol–water partition coefficient (Wildman–Crippen LogP) is 4.35. The molecule has 0 bridgehead atoms. The zero-order valence-electron chi connectivity index (χ0n) is 12.4. The number of aryl methyl sites for hydroxylation is 1. The van der Waals surface area contributed by atoms with Crippen molar-refractivity contribution in [3.63, 3.8) is 0 Å². The van der Waals surface area contributed by atoms with Gasteiger partial charge in [0.1, 0.15) is 5.75 Å². The SMILES string of the molecule is COc1cccc(-c2[nH]c3ccc(C)cc3c2C(C)=O)c1. The molecule has 0 fully saturated rings. The molecule has 0 amide bonds. The van der Waals surface area contributed by atoms with Crippen LogP contribution in [0.5, 0.6) is 5.75 Å². The number of H-pyrrole nitrogens is 1. The van der Waals surface area contributed by atoms with Crippen molar-refractivity contribution in [2.75, 3.05) is 7.11 Å². The lowest BCUT2D eigenvalue weighted by Crippen LogP contribution is -1.94. The number of methoxy groups -OCH3 is 1. The Bertz CT molecular complexity index is 830. The van der Waals surface area contributed by atoms with Gasteiger partial charge in [-0.15, -0.1) is 0 Å². The second kappa shape index (κ2) is 5.09. The fourth-order valence-corrected chi connectivity index (χ4v) is 2.67. The Kier molecular flexibility index (Phi) is 3.26. The van der Waals surface area contributed by atoms with Crippen LogP contribution < -0.4 is 4.74 Å². The Balaban J connectivity index is 2.31. The molecule has 0 aliphatic heterocycles. The zero-order valence-corrected chi connectivity index (χ0v) is 12.4. The van der Waals surface area contributed by atoms with Gasteiger partial charge in [-0.3, -0.25) is 4.79 Å². The third-order valence-electron chi connectivity index (χ3n) is 3.66. The summed E-state index contributed by atoms with van der Waals surface area (Å²) in [4.78, 5) is 15.5. The summed E-state index contributed by atoms with van der Waals surface area (Å²) in [5.74, 6) is 0.835. The van der Waals surface area contributed by atoms with Gasteiger partial charge in [-0.25, -0.2) is 0 Å². The zero-order chi connectivity index (χ0) is 15.0. The quantitative estimate of drug-likeness (QED) is 0.724. The summed E-state index contributed by atoms with van der Waals surface area (Å²) in [6.07, 6.45) is 0. The standard InChI is InChI=1S/C18H17NO2/c1-11-7-8-16-15(9-11)17(12(2)20)18(19-16)13-5-4-6-14(10-13)21-3/h4-10,19H,1-3H3. The van der Waals surface area contributed by atoms with E-state index in [-0.39, 0.29) is 5.78 Å². The number of ether oxygens (including phenoxy) is 1. The Morgan fingerprint density at radius 2 is 1.95 bits per heavy atom. The van der Waals surface area contributed by atoms with Gasteiger partial charge in [-0.1, -0.05) is 23.8 Å². The number of ketones is 1. The summed E-state index contributed by atoms with van der Waals surface area (Å²) in [6, 6.07) is 13.8. The van der Waals surface area contributed by atoms with Crippen LogP contribution in [0.2, 0.25) is 0 Å². The maximum Gasteiger partial charge on any atom is 0.162 e. The minimum Gasteiger partial charge on any atom is -0.497 e. The molecule has 0 unspecified atom stereocenters. The maximum atomic E-state index is 12.1. The van der Waals surface area contributed by atoms with E-state index in [9.17, 15) is 4.79 Å². The van der Waals surface area contributed by atoms with E-state index in [1.54, 1.807) is 14.0 Å². The third kappa shape index (κ3) is 2.31. The van der Waals surface area contributed by atoms with Gasteiger partial charge >= 0.3 is 0 Å². The highest BCUT2D eigenvalue weighted by atomic mass is 16.5. The van der Waals surface area contributed by atoms with Gasteiger partial charge in [0.2, 0.25) is 0 Å². The van der Waals surface area contributed by atoms with E-state index in [4.69, 9.17) is 4.74 Å². The number of rotatable bonds is 3. The molecule has 3 nitrogen and oxygen atoms in total. The van der Waals surface area contributed by atoms with Crippen molar-refractivity contribution in [2.24, 2.45) is 0 Å². The fraction of sp³-hybridized carbons (Fsp3) is 0.167. The van der Waals surface area contributed by atoms with Crippen molar-refractivity contribution < 1.29 is 9.53 Å². The highest BCUT2D eigenvalue weighted by molar-refractivity contribution is 6.12. The van der Waals surface area contributed by atoms with Crippen molar-refractivity contribution in [2.45, 2.75) is 13.8 Å². The molecule has 0 atom stereocenters. The Morgan fingerprint density at radius 3 is 2.67 bits per heavy atom. The summed E-state index contributed by atoms with van der Waals surface area (Å²) >= 11 is 0. The first kappa shape index (κ1) is 13.4. The highest BCUT2D eigenvalue weighted by Gasteiger charge is 2.17. The van der Waals surface area contributed by atoms with Gasteiger partial charge in [-0.05, 0) is 38.1 Å². The van der Waals surface area contributed by atoms with Crippen LogP contribution in [0.4, 0.5) is 0 Å². The lowest BCUT2D eigenvalue weighted by molar-refractivity contribution is 0.102. The number of aromatic nitrogens is 1. The van der Waals surface area contributed by atoms with Crippen molar-refractivity contribution in [1.29, 1.82) is 0 Å². The maximum absolute atomic E-state index is 12.1. The van der Waals surface area contributed by atoms with E-state index in [0.717, 1.165) is 39.0 Å². The van der Waals surface area contributed by atoms with E-state index >= 15 is 0 Å². The van der Waals surface area contributed by atoms with Gasteiger partial charge in [0.05, 0.1) is 18.4 Å². The van der Waals surface area contributed by atoms with Crippen molar-refractivity contribution >= 4 is 16.7 Å². The van der Waals surface area contributed by atoms with E-state index in [1.165, 1.54) is 0 Å². The first-order valence-corrected chi connectivity index (χ1v) is 6.88. The largest absolute Gasteiger partial charge is 0.497 e. The first-order chi connectivity index (χ1) is 10.1. The minimum absolute atomic E-state index is 0.0599. The number of aromatic amines is 1. The number of fused-ring (bicyclic) bond motifs is 1. The van der Waals surface area contributed by atoms with Gasteiger partial charge in [0, 0.05) is 16.5 Å². The molecule has 3 heteroatoms. The molecule has 0 radical (unpaired) electrons. The second-order valence-corrected chi connectivity index (χ2v) is 5.21. The monoisotopic (exact) mass is 279 g/mol. The molecule has 106 valence electrons. The summed E-state index contributed by atoms with van der Waals surface area (Å²) < 4.78 is 5.27. The molecule has 1 N–H and O–H groups in total. The topological polar surface area (TPSA) is 42.1 Å². The van der Waals surface area contributed by atoms with Crippen molar-refractivity contribution in [3.05, 3.63) is 53.6 Å². The molecule has 1 aromatic heterocycles. The van der Waals surface area contributed by atoms with E-state index in [0.29, 0.717) is 0 Å². The van der Waals surface area contributed by atoms with E-state index in [1.807, 2.05) is 49.4 Å². The van der Waals surface area contributed by atoms with Gasteiger partial charge in [0.25, 0.3) is 0 Å². The van der Waals surface area contributed by atoms with Crippen LogP contribution in [0.3, 0.4) is 0 Å². The average Bonchev–Trinajstić information content (AvgIpc) is 2.86. The van der Waals surface area contributed by atoms with Gasteiger partial charge in [-0.2, -0.15) is 0 Å². The smallest absolute Gasteiger partial charge is 0.162 e. The van der Waals surface area contributed by atoms with Crippen LogP contribution in [0, 0.1) is 6.92 Å². The molecule has 3 aromatic rings. The molecule has 3 rings (SSSR count). The van der Waals surface area contributed by atoms with Crippen LogP contribution in [0.1, 0.15) is 22.8 Å². The van der Waals surface area contributed by atoms with Crippen molar-refractivity contribution in [1.82, 2.24) is 4.98 Å². The molecule has 0 spiro atoms. The Hall–Kier alpha value is -2.55. The number of hydrogen-bond donors (Lipinski definition) is 1. The van der Waals surface area contributed by atoms with Crippen LogP contribution in [0.25, 0.3) is 22.2 Å². The number of nitrogens with one attached hydrogen (secondary N) is 1. The minimum atomic E-state index is 0.0599. The molecular formula is C18H17NO2. The first-order valence-electron chi connectivity index (χ1n) is 6.88. The molecule has 0 aliphatic carbocycles. The number of carbonyl (C=O) groups is 1. The number of hydrogen-bond acceptors (Lipinski definition) is 2. The van der Waals surface area contributed by atoms with E-state index < -0.39 is 0 Å². The number of carbonyl (C=O) groups excluding carboxylic acids is 1. The molecule has 0 saturated heterocycles. The summed E-state index contributed by atoms with van der Waals surface area (Å²) in [5.41, 5.74) is 4.65. The van der Waals surface area contributed by atoms with Crippen LogP contribution in [-0.2, 0) is 0 Å². The van der Waals surface area contributed by atoms with Gasteiger partial charge in [0.15, 0.2) is 5.78 Å². The number of benzene rings is 2. The van der Waals surface area contributed by atoms with Crippen molar-refractivity contribution in [3.8, 4) is 17.0 Å². The lowest BCUT2D eigenvalue weighted by atomic mass is 10.0. The second-order valence-electron chi connectivity index (χ2n) is 5.21. The molecule has 21 heavy (non-hydrogen) atoms. The predicted molar refractivity (Wildman–Crippen MR) is 85.0 cm³/mol. The molecule has 2 aromatic carbocycles. The Morgan fingerprint density at radius 1 is 1.14 bits per heavy atom. The van der Waals surface area contributed by atoms with Crippen LogP contribution in [-0.4, -0.2) is 17.9 Å². The third-order valence-corrected chi connectivity index (χ3v) is 3.66. The molecular weight excluding hydrogens is 262 g/mol. The average molecular weight is 279 g/mol. The molecule has 1 heterocycles. The van der Waals surface area contributed by atoms with Gasteiger partial charge < -0.3 is 9.72 Å². The van der Waals surface area contributed by atoms with Crippen LogP contribution >= 0.6 is 0 Å². The molecule has 0 saturated carbocycles. The highest BCUT2D eigenvalue weighted by Crippen LogP contribution is 2.32.